The number of aliphatic hydroxyl groups is 1. The smallest absolute Gasteiger partial charge is 0.229 e. The molecule has 7 rings (SSSR count). The van der Waals surface area contributed by atoms with Crippen LogP contribution in [0, 0.1) is 6.92 Å². The van der Waals surface area contributed by atoms with Gasteiger partial charge in [0.1, 0.15) is 22.4 Å². The highest BCUT2D eigenvalue weighted by Crippen LogP contribution is 2.68. The molecule has 144 valence electrons. The number of hydrogen-bond donors (Lipinski definition) is 2. The predicted octanol–water partition coefficient (Wildman–Crippen LogP) is 2.71. The Balaban J connectivity index is 1.37. The molecule has 0 radical (unpaired) electrons. The number of alkyl halides is 1. The van der Waals surface area contributed by atoms with Gasteiger partial charge in [-0.05, 0) is 24.6 Å². The Morgan fingerprint density at radius 1 is 1.25 bits per heavy atom. The molecule has 2 N–H and O–H groups in total. The van der Waals surface area contributed by atoms with E-state index in [0.29, 0.717) is 31.0 Å². The van der Waals surface area contributed by atoms with Crippen molar-refractivity contribution in [2.45, 2.75) is 43.7 Å². The number of hydrogen-bond acceptors (Lipinski definition) is 9. The van der Waals surface area contributed by atoms with Gasteiger partial charge in [0.15, 0.2) is 5.82 Å². The fourth-order valence-electron chi connectivity index (χ4n) is 4.79. The van der Waals surface area contributed by atoms with Gasteiger partial charge >= 0.3 is 0 Å². The molecule has 10 heteroatoms. The average molecular weight is 399 g/mol. The fourth-order valence-corrected chi connectivity index (χ4v) is 5.30. The van der Waals surface area contributed by atoms with Crippen molar-refractivity contribution < 1.29 is 9.50 Å². The average Bonchev–Trinajstić information content (AvgIpc) is 3.15. The molecule has 2 aromatic heterocycles. The summed E-state index contributed by atoms with van der Waals surface area (Å²) >= 11 is 1.18. The number of fused-ring (bicyclic) bond motifs is 2. The van der Waals surface area contributed by atoms with Crippen LogP contribution < -0.4 is 15.1 Å². The normalized spacial score (nSPS) is 30.2. The first kappa shape index (κ1) is 16.4. The van der Waals surface area contributed by atoms with Crippen LogP contribution in [0.5, 0.6) is 0 Å². The van der Waals surface area contributed by atoms with E-state index in [-0.39, 0.29) is 5.54 Å². The second-order valence-corrected chi connectivity index (χ2v) is 8.71. The van der Waals surface area contributed by atoms with Crippen LogP contribution >= 0.6 is 11.7 Å². The molecule has 1 aliphatic heterocycles. The Morgan fingerprint density at radius 2 is 1.96 bits per heavy atom. The lowest BCUT2D eigenvalue weighted by atomic mass is 9.46. The van der Waals surface area contributed by atoms with Crippen LogP contribution in [0.1, 0.15) is 24.8 Å². The van der Waals surface area contributed by atoms with Crippen molar-refractivity contribution in [1.29, 1.82) is 0 Å². The van der Waals surface area contributed by atoms with Crippen LogP contribution in [0.15, 0.2) is 18.3 Å². The first-order chi connectivity index (χ1) is 13.4. The second-order valence-electron chi connectivity index (χ2n) is 8.18. The van der Waals surface area contributed by atoms with Crippen LogP contribution in [0.25, 0.3) is 11.0 Å². The zero-order valence-corrected chi connectivity index (χ0v) is 16.2. The van der Waals surface area contributed by atoms with E-state index in [4.69, 9.17) is 0 Å². The number of aliphatic hydroxyl groups excluding tert-OH is 1. The molecule has 3 aliphatic carbocycles. The number of aromatic nitrogens is 4. The lowest BCUT2D eigenvalue weighted by molar-refractivity contribution is -0.162. The van der Waals surface area contributed by atoms with E-state index >= 15 is 0 Å². The molecular formula is C18H18FN7OS. The molecule has 28 heavy (non-hydrogen) atoms. The third-order valence-corrected chi connectivity index (χ3v) is 6.79. The van der Waals surface area contributed by atoms with Crippen LogP contribution in [0.2, 0.25) is 0 Å². The van der Waals surface area contributed by atoms with Gasteiger partial charge in [-0.15, -0.1) is 0 Å². The number of nitrogens with one attached hydrogen (secondary N) is 1. The highest BCUT2D eigenvalue weighted by Gasteiger charge is 2.74. The van der Waals surface area contributed by atoms with Gasteiger partial charge in [-0.25, -0.2) is 9.37 Å². The van der Waals surface area contributed by atoms with Crippen molar-refractivity contribution in [2.24, 2.45) is 0 Å². The first-order valence-corrected chi connectivity index (χ1v) is 9.87. The van der Waals surface area contributed by atoms with E-state index in [0.717, 1.165) is 28.0 Å². The highest BCUT2D eigenvalue weighted by atomic mass is 32.1. The molecule has 1 aromatic carbocycles. The third-order valence-electron chi connectivity index (χ3n) is 6.23. The lowest BCUT2D eigenvalue weighted by Crippen LogP contribution is -2.78. The summed E-state index contributed by atoms with van der Waals surface area (Å²) in [7, 11) is 1.80. The minimum Gasteiger partial charge on any atom is -0.356 e. The summed E-state index contributed by atoms with van der Waals surface area (Å²) in [6.45, 7) is 1.99. The van der Waals surface area contributed by atoms with Crippen molar-refractivity contribution in [3.63, 3.8) is 0 Å². The SMILES string of the molecule is Cc1cc2nsnc2cc1Nc1ncc2c(n1)N(C13CC(F)(C1)C3)C(O)N2C. The van der Waals surface area contributed by atoms with E-state index < -0.39 is 12.0 Å². The molecule has 8 nitrogen and oxygen atoms in total. The van der Waals surface area contributed by atoms with Crippen molar-refractivity contribution in [2.75, 3.05) is 22.2 Å². The standard InChI is InChI=1S/C18H18FN7OS/c1-9-3-11-12(24-28-23-11)4-10(9)21-15-20-5-13-14(22-15)26(16(27)25(13)2)18-6-17(19,7-18)8-18/h3-5,16,27H,6-8H2,1-2H3,(H,20,21,22). The van der Waals surface area contributed by atoms with Crippen molar-refractivity contribution >= 4 is 45.9 Å². The summed E-state index contributed by atoms with van der Waals surface area (Å²) in [6, 6.07) is 3.90. The van der Waals surface area contributed by atoms with Crippen LogP contribution in [0.3, 0.4) is 0 Å². The number of rotatable bonds is 3. The minimum atomic E-state index is -1.05. The largest absolute Gasteiger partial charge is 0.356 e. The van der Waals surface area contributed by atoms with Crippen LogP contribution in [-0.4, -0.2) is 48.4 Å². The Labute approximate surface area is 164 Å². The monoisotopic (exact) mass is 399 g/mol. The van der Waals surface area contributed by atoms with Gasteiger partial charge in [-0.1, -0.05) is 0 Å². The van der Waals surface area contributed by atoms with Gasteiger partial charge in [-0.2, -0.15) is 13.7 Å². The molecule has 0 spiro atoms. The number of benzene rings is 1. The molecule has 0 saturated heterocycles. The van der Waals surface area contributed by atoms with Gasteiger partial charge in [0.25, 0.3) is 0 Å². The summed E-state index contributed by atoms with van der Waals surface area (Å²) in [5.74, 6) is 1.07. The Kier molecular flexibility index (Phi) is 2.96. The van der Waals surface area contributed by atoms with E-state index in [9.17, 15) is 9.50 Å². The van der Waals surface area contributed by atoms with Gasteiger partial charge in [-0.3, -0.25) is 0 Å². The summed E-state index contributed by atoms with van der Waals surface area (Å²) in [5.41, 5.74) is 2.90. The van der Waals surface area contributed by atoms with Gasteiger partial charge in [0, 0.05) is 32.0 Å². The Morgan fingerprint density at radius 3 is 2.68 bits per heavy atom. The van der Waals surface area contributed by atoms with E-state index in [1.54, 1.807) is 18.1 Å². The molecular weight excluding hydrogens is 381 g/mol. The van der Waals surface area contributed by atoms with Crippen molar-refractivity contribution in [1.82, 2.24) is 18.7 Å². The number of aryl methyl sites for hydroxylation is 1. The Bertz CT molecular complexity index is 1110. The molecule has 2 bridgehead atoms. The number of anilines is 4. The minimum absolute atomic E-state index is 0.333. The van der Waals surface area contributed by atoms with Gasteiger partial charge < -0.3 is 20.2 Å². The molecule has 0 amide bonds. The maximum atomic E-state index is 14.1. The topological polar surface area (TPSA) is 90.3 Å². The van der Waals surface area contributed by atoms with E-state index in [2.05, 4.69) is 24.0 Å². The summed E-state index contributed by atoms with van der Waals surface area (Å²) in [6.07, 6.45) is 2.18. The molecule has 1 atom stereocenters. The molecule has 3 fully saturated rings. The fraction of sp³-hybridized carbons (Fsp3) is 0.444. The van der Waals surface area contributed by atoms with E-state index in [1.165, 1.54) is 11.7 Å². The van der Waals surface area contributed by atoms with E-state index in [1.807, 2.05) is 24.0 Å². The van der Waals surface area contributed by atoms with Gasteiger partial charge in [0.2, 0.25) is 12.3 Å². The lowest BCUT2D eigenvalue weighted by Gasteiger charge is -2.69. The van der Waals surface area contributed by atoms with Crippen molar-refractivity contribution in [3.8, 4) is 0 Å². The molecule has 3 heterocycles. The third kappa shape index (κ3) is 2.01. The van der Waals surface area contributed by atoms with Crippen LogP contribution in [0.4, 0.5) is 27.5 Å². The van der Waals surface area contributed by atoms with Gasteiger partial charge in [0.05, 0.1) is 23.5 Å². The molecule has 3 aromatic rings. The quantitative estimate of drug-likeness (QED) is 0.695. The summed E-state index contributed by atoms with van der Waals surface area (Å²) in [5, 5.41) is 14.0. The zero-order valence-electron chi connectivity index (χ0n) is 15.3. The highest BCUT2D eigenvalue weighted by molar-refractivity contribution is 7.00. The predicted molar refractivity (Wildman–Crippen MR) is 105 cm³/mol. The molecule has 1 unspecified atom stereocenters. The zero-order chi connectivity index (χ0) is 19.3. The number of halogens is 1. The second kappa shape index (κ2) is 5.06. The maximum Gasteiger partial charge on any atom is 0.229 e. The van der Waals surface area contributed by atoms with Crippen LogP contribution in [-0.2, 0) is 0 Å². The summed E-state index contributed by atoms with van der Waals surface area (Å²) in [4.78, 5) is 12.7. The Hall–Kier alpha value is -2.59. The molecule has 4 aliphatic rings. The first-order valence-electron chi connectivity index (χ1n) is 9.14. The number of nitrogens with zero attached hydrogens (tertiary/aromatic N) is 6. The summed E-state index contributed by atoms with van der Waals surface area (Å²) < 4.78 is 22.6. The molecule has 3 saturated carbocycles. The maximum absolute atomic E-state index is 14.1. The van der Waals surface area contributed by atoms with Crippen molar-refractivity contribution in [3.05, 3.63) is 23.9 Å².